The van der Waals surface area contributed by atoms with Gasteiger partial charge in [0.15, 0.2) is 11.2 Å². The van der Waals surface area contributed by atoms with E-state index in [1.165, 1.54) is 18.7 Å². The minimum atomic E-state index is -1.75. The van der Waals surface area contributed by atoms with Gasteiger partial charge in [0.25, 0.3) is 0 Å². The number of aryl methyl sites for hydroxylation is 1. The highest BCUT2D eigenvalue weighted by molar-refractivity contribution is 8.00. The summed E-state index contributed by atoms with van der Waals surface area (Å²) in [7, 11) is 3.26. The summed E-state index contributed by atoms with van der Waals surface area (Å²) >= 11 is 1.52. The summed E-state index contributed by atoms with van der Waals surface area (Å²) in [6.45, 7) is 12.4. The van der Waals surface area contributed by atoms with E-state index >= 15 is 0 Å². The number of ketones is 1. The number of amides is 1. The minimum absolute atomic E-state index is 0.0109. The summed E-state index contributed by atoms with van der Waals surface area (Å²) in [6.07, 6.45) is 0.376. The van der Waals surface area contributed by atoms with Crippen molar-refractivity contribution in [1.29, 1.82) is 0 Å². The topological polar surface area (TPSA) is 102 Å². The molecule has 4 rings (SSSR count). The summed E-state index contributed by atoms with van der Waals surface area (Å²) in [5, 5.41) is 13.6. The van der Waals surface area contributed by atoms with Gasteiger partial charge in [-0.3, -0.25) is 9.59 Å². The van der Waals surface area contributed by atoms with Gasteiger partial charge in [-0.15, -0.1) is 11.8 Å². The zero-order valence-electron chi connectivity index (χ0n) is 25.4. The molecule has 2 N–H and O–H groups in total. The van der Waals surface area contributed by atoms with Gasteiger partial charge in [0.05, 0.1) is 26.0 Å². The molecule has 222 valence electrons. The van der Waals surface area contributed by atoms with Gasteiger partial charge in [-0.25, -0.2) is 9.28 Å². The van der Waals surface area contributed by atoms with Gasteiger partial charge >= 0.3 is 11.9 Å². The van der Waals surface area contributed by atoms with E-state index in [0.29, 0.717) is 31.0 Å². The van der Waals surface area contributed by atoms with Crippen LogP contribution in [-0.4, -0.2) is 68.4 Å². The van der Waals surface area contributed by atoms with Crippen molar-refractivity contribution in [3.8, 4) is 11.5 Å². The first kappa shape index (κ1) is 31.1. The highest BCUT2D eigenvalue weighted by Gasteiger charge is 2.65. The van der Waals surface area contributed by atoms with E-state index in [4.69, 9.17) is 9.47 Å². The molecule has 9 heteroatoms. The van der Waals surface area contributed by atoms with E-state index in [0.717, 1.165) is 27.9 Å². The van der Waals surface area contributed by atoms with Crippen LogP contribution < -0.4 is 19.3 Å². The molecule has 2 unspecified atom stereocenters. The summed E-state index contributed by atoms with van der Waals surface area (Å²) < 4.78 is 11.3. The number of quaternary nitrogens is 1. The Labute approximate surface area is 247 Å². The maximum atomic E-state index is 14.8. The highest BCUT2D eigenvalue weighted by Crippen LogP contribution is 2.53. The second-order valence-corrected chi connectivity index (χ2v) is 13.7. The molecular weight excluding hydrogens is 540 g/mol. The zero-order chi connectivity index (χ0) is 30.3. The first-order chi connectivity index (χ1) is 19.2. The number of carboxylic acid groups (broad SMARTS) is 1. The number of hydrogen-bond donors (Lipinski definition) is 2. The van der Waals surface area contributed by atoms with Gasteiger partial charge in [-0.1, -0.05) is 38.5 Å². The molecule has 1 amide bonds. The zero-order valence-corrected chi connectivity index (χ0v) is 26.2. The number of methoxy groups -OCH3 is 2. The van der Waals surface area contributed by atoms with Crippen LogP contribution in [0.15, 0.2) is 30.3 Å². The standard InChI is InChI=1S/C32H42N2O6S/c1-19-9-11-24-23(15-19)29(22-10-12-25(39-7)20(2)28(22)40-8)41-16-27(36)34(24,18-31(4,5)6)26-13-14-33-17-32(26,21(3)35)30(37)38/h9-12,15,26,29,33H,13-14,16-18H2,1-8H3/p+1/t26-,29?,32+,34?/m1/s1. The summed E-state index contributed by atoms with van der Waals surface area (Å²) in [5.74, 6) is -0.138. The third-order valence-corrected chi connectivity index (χ3v) is 9.89. The average molecular weight is 584 g/mol. The second kappa shape index (κ2) is 11.4. The van der Waals surface area contributed by atoms with Crippen LogP contribution in [0, 0.1) is 24.7 Å². The highest BCUT2D eigenvalue weighted by atomic mass is 32.2. The fraction of sp³-hybridized carbons (Fsp3) is 0.531. The quantitative estimate of drug-likeness (QED) is 0.345. The number of Topliss-reactive ketones (excluding diaryl/α,β-unsaturated/α-hetero) is 1. The molecule has 2 heterocycles. The largest absolute Gasteiger partial charge is 0.496 e. The number of piperidine rings is 1. The first-order valence-corrected chi connectivity index (χ1v) is 15.1. The van der Waals surface area contributed by atoms with Gasteiger partial charge in [-0.05, 0) is 32.9 Å². The SMILES string of the molecule is COc1ccc(C2SCC(=O)[N+](CC(C)(C)C)([C@@H]3CCNC[C@@]3(C(C)=O)C(=O)O)c3ccc(C)cc32)c(OC)c1C. The Morgan fingerprint density at radius 3 is 2.41 bits per heavy atom. The number of carbonyl (C=O) groups excluding carboxylic acids is 2. The predicted molar refractivity (Wildman–Crippen MR) is 163 cm³/mol. The monoisotopic (exact) mass is 583 g/mol. The Bertz CT molecular complexity index is 1350. The number of rotatable bonds is 7. The molecule has 0 radical (unpaired) electrons. The number of hydrogen-bond acceptors (Lipinski definition) is 7. The predicted octanol–water partition coefficient (Wildman–Crippen LogP) is 5.06. The molecule has 2 aromatic carbocycles. The molecule has 2 aliphatic rings. The maximum Gasteiger partial charge on any atom is 0.329 e. The van der Waals surface area contributed by atoms with Crippen molar-refractivity contribution in [2.24, 2.45) is 10.8 Å². The number of nitrogens with one attached hydrogen (secondary N) is 1. The van der Waals surface area contributed by atoms with E-state index in [2.05, 4.69) is 32.2 Å². The van der Waals surface area contributed by atoms with Crippen molar-refractivity contribution in [2.75, 3.05) is 39.6 Å². The second-order valence-electron chi connectivity index (χ2n) is 12.6. The lowest BCUT2D eigenvalue weighted by molar-refractivity contribution is -0.163. The fourth-order valence-corrected chi connectivity index (χ4v) is 8.25. The van der Waals surface area contributed by atoms with Crippen LogP contribution in [0.25, 0.3) is 0 Å². The van der Waals surface area contributed by atoms with Crippen LogP contribution in [0.5, 0.6) is 11.5 Å². The summed E-state index contributed by atoms with van der Waals surface area (Å²) in [4.78, 5) is 41.2. The van der Waals surface area contributed by atoms with E-state index in [1.54, 1.807) is 14.2 Å². The van der Waals surface area contributed by atoms with Gasteiger partial charge in [0.1, 0.15) is 29.0 Å². The molecule has 2 aliphatic heterocycles. The van der Waals surface area contributed by atoms with Crippen molar-refractivity contribution in [3.63, 3.8) is 0 Å². The lowest BCUT2D eigenvalue weighted by Gasteiger charge is -2.52. The normalized spacial score (nSPS) is 26.6. The molecule has 1 fully saturated rings. The number of aliphatic carboxylic acids is 1. The molecule has 41 heavy (non-hydrogen) atoms. The van der Waals surface area contributed by atoms with Crippen LogP contribution in [0.1, 0.15) is 61.6 Å². The lowest BCUT2D eigenvalue weighted by Crippen LogP contribution is -2.75. The third kappa shape index (κ3) is 5.17. The molecular formula is C32H43N2O6S+. The number of benzene rings is 2. The van der Waals surface area contributed by atoms with E-state index < -0.39 is 23.2 Å². The Morgan fingerprint density at radius 2 is 1.83 bits per heavy atom. The number of fused-ring (bicyclic) bond motifs is 1. The van der Waals surface area contributed by atoms with Crippen molar-refractivity contribution in [3.05, 3.63) is 52.6 Å². The molecule has 1 saturated heterocycles. The number of nitrogens with zero attached hydrogens (tertiary/aromatic N) is 1. The molecule has 2 aromatic rings. The van der Waals surface area contributed by atoms with Gasteiger partial charge < -0.3 is 19.9 Å². The summed E-state index contributed by atoms with van der Waals surface area (Å²) in [6, 6.07) is 9.23. The molecule has 0 aliphatic carbocycles. The number of ether oxygens (including phenoxy) is 2. The molecule has 0 spiro atoms. The maximum absolute atomic E-state index is 14.8. The Kier molecular flexibility index (Phi) is 8.65. The van der Waals surface area contributed by atoms with Crippen LogP contribution >= 0.6 is 11.8 Å². The fourth-order valence-electron chi connectivity index (χ4n) is 6.98. The molecule has 4 atom stereocenters. The molecule has 8 nitrogen and oxygen atoms in total. The third-order valence-electron chi connectivity index (χ3n) is 8.64. The molecule has 0 bridgehead atoms. The van der Waals surface area contributed by atoms with Gasteiger partial charge in [0.2, 0.25) is 0 Å². The number of thioether (sulfide) groups is 1. The van der Waals surface area contributed by atoms with E-state index in [-0.39, 0.29) is 33.4 Å². The van der Waals surface area contributed by atoms with Crippen LogP contribution in [0.3, 0.4) is 0 Å². The number of carbonyl (C=O) groups is 3. The van der Waals surface area contributed by atoms with Crippen molar-refractivity contribution in [2.45, 2.75) is 59.3 Å². The van der Waals surface area contributed by atoms with Gasteiger partial charge in [-0.2, -0.15) is 0 Å². The molecule has 0 saturated carbocycles. The average Bonchev–Trinajstić information content (AvgIpc) is 3.01. The number of carboxylic acids is 1. The van der Waals surface area contributed by atoms with Crippen molar-refractivity contribution >= 4 is 35.1 Å². The van der Waals surface area contributed by atoms with E-state index in [9.17, 15) is 19.5 Å². The van der Waals surface area contributed by atoms with Crippen LogP contribution in [0.4, 0.5) is 5.69 Å². The first-order valence-electron chi connectivity index (χ1n) is 14.0. The van der Waals surface area contributed by atoms with Crippen molar-refractivity contribution in [1.82, 2.24) is 9.80 Å². The van der Waals surface area contributed by atoms with E-state index in [1.807, 2.05) is 38.1 Å². The Balaban J connectivity index is 2.10. The summed E-state index contributed by atoms with van der Waals surface area (Å²) in [5.41, 5.74) is 2.42. The lowest BCUT2D eigenvalue weighted by atomic mass is 9.70. The minimum Gasteiger partial charge on any atom is -0.496 e. The van der Waals surface area contributed by atoms with Crippen molar-refractivity contribution < 1.29 is 29.0 Å². The molecule has 0 aromatic heterocycles. The smallest absolute Gasteiger partial charge is 0.329 e. The van der Waals surface area contributed by atoms with Crippen LogP contribution in [-0.2, 0) is 14.4 Å². The van der Waals surface area contributed by atoms with Crippen LogP contribution in [0.2, 0.25) is 0 Å². The Morgan fingerprint density at radius 1 is 1.12 bits per heavy atom. The Hall–Kier alpha value is -2.88. The van der Waals surface area contributed by atoms with Gasteiger partial charge in [0, 0.05) is 47.7 Å².